The number of phenolic OH excluding ortho intramolecular Hbond substituents is 1. The second-order valence-electron chi connectivity index (χ2n) is 4.09. The molecular formula is C16H16O3. The Labute approximate surface area is 112 Å². The van der Waals surface area contributed by atoms with E-state index in [1.165, 1.54) is 0 Å². The molecule has 2 aromatic carbocycles. The molecule has 0 aromatic heterocycles. The highest BCUT2D eigenvalue weighted by Crippen LogP contribution is 2.28. The van der Waals surface area contributed by atoms with Gasteiger partial charge in [-0.15, -0.1) is 0 Å². The summed E-state index contributed by atoms with van der Waals surface area (Å²) in [4.78, 5) is 0. The van der Waals surface area contributed by atoms with Crippen molar-refractivity contribution in [3.8, 4) is 11.5 Å². The van der Waals surface area contributed by atoms with Gasteiger partial charge in [-0.05, 0) is 23.3 Å². The third-order valence-corrected chi connectivity index (χ3v) is 2.64. The van der Waals surface area contributed by atoms with Gasteiger partial charge in [-0.25, -0.2) is 0 Å². The number of hydrogen-bond donors (Lipinski definition) is 2. The lowest BCUT2D eigenvalue weighted by atomic mass is 10.2. The third kappa shape index (κ3) is 3.86. The molecule has 0 atom stereocenters. The monoisotopic (exact) mass is 256 g/mol. The first-order chi connectivity index (χ1) is 9.29. The minimum absolute atomic E-state index is 0.0128. The van der Waals surface area contributed by atoms with Crippen molar-refractivity contribution in [1.29, 1.82) is 0 Å². The van der Waals surface area contributed by atoms with E-state index in [1.54, 1.807) is 30.4 Å². The van der Waals surface area contributed by atoms with Crippen LogP contribution in [0.5, 0.6) is 11.5 Å². The molecule has 0 fully saturated rings. The lowest BCUT2D eigenvalue weighted by Crippen LogP contribution is -1.95. The van der Waals surface area contributed by atoms with Crippen LogP contribution in [0.25, 0.3) is 6.08 Å². The maximum atomic E-state index is 9.74. The standard InChI is InChI=1S/C16H16O3/c17-10-4-7-13-8-9-15(18)16(11-13)19-12-14-5-2-1-3-6-14/h1-9,11,17-18H,10,12H2/b7-4+. The summed E-state index contributed by atoms with van der Waals surface area (Å²) < 4.78 is 5.60. The molecule has 3 nitrogen and oxygen atoms in total. The van der Waals surface area contributed by atoms with E-state index in [-0.39, 0.29) is 12.4 Å². The SMILES string of the molecule is OC/C=C/c1ccc(O)c(OCc2ccccc2)c1. The minimum atomic E-state index is -0.0128. The number of aliphatic hydroxyl groups excluding tert-OH is 1. The van der Waals surface area contributed by atoms with Gasteiger partial charge in [0.15, 0.2) is 11.5 Å². The van der Waals surface area contributed by atoms with Gasteiger partial charge in [0, 0.05) is 0 Å². The molecule has 0 heterocycles. The van der Waals surface area contributed by atoms with Crippen LogP contribution in [-0.4, -0.2) is 16.8 Å². The zero-order valence-electron chi connectivity index (χ0n) is 10.5. The quantitative estimate of drug-likeness (QED) is 0.864. The van der Waals surface area contributed by atoms with Gasteiger partial charge in [0.25, 0.3) is 0 Å². The molecule has 0 unspecified atom stereocenters. The Balaban J connectivity index is 2.09. The predicted octanol–water partition coefficient (Wildman–Crippen LogP) is 2.98. The molecule has 0 saturated heterocycles. The molecule has 0 aliphatic rings. The summed E-state index contributed by atoms with van der Waals surface area (Å²) in [6.45, 7) is 0.392. The Hall–Kier alpha value is -2.26. The number of rotatable bonds is 5. The average molecular weight is 256 g/mol. The summed E-state index contributed by atoms with van der Waals surface area (Å²) >= 11 is 0. The van der Waals surface area contributed by atoms with E-state index in [9.17, 15) is 5.11 Å². The van der Waals surface area contributed by atoms with E-state index >= 15 is 0 Å². The highest BCUT2D eigenvalue weighted by molar-refractivity contribution is 5.55. The first-order valence-electron chi connectivity index (χ1n) is 6.07. The lowest BCUT2D eigenvalue weighted by molar-refractivity contribution is 0.289. The normalized spacial score (nSPS) is 10.8. The molecule has 0 amide bonds. The molecule has 0 aliphatic carbocycles. The van der Waals surface area contributed by atoms with Gasteiger partial charge in [-0.3, -0.25) is 0 Å². The van der Waals surface area contributed by atoms with E-state index in [0.717, 1.165) is 11.1 Å². The lowest BCUT2D eigenvalue weighted by Gasteiger charge is -2.09. The summed E-state index contributed by atoms with van der Waals surface area (Å²) in [5.41, 5.74) is 1.91. The van der Waals surface area contributed by atoms with Crippen LogP contribution in [-0.2, 0) is 6.61 Å². The van der Waals surface area contributed by atoms with Crippen LogP contribution in [0.2, 0.25) is 0 Å². The Morgan fingerprint density at radius 3 is 2.58 bits per heavy atom. The van der Waals surface area contributed by atoms with Gasteiger partial charge in [0.2, 0.25) is 0 Å². The smallest absolute Gasteiger partial charge is 0.162 e. The molecule has 0 spiro atoms. The molecule has 0 radical (unpaired) electrons. The van der Waals surface area contributed by atoms with Gasteiger partial charge in [-0.2, -0.15) is 0 Å². The van der Waals surface area contributed by atoms with Gasteiger partial charge >= 0.3 is 0 Å². The molecule has 2 aromatic rings. The van der Waals surface area contributed by atoms with Gasteiger partial charge in [-0.1, -0.05) is 48.6 Å². The Bertz CT molecular complexity index is 547. The molecule has 0 aliphatic heterocycles. The number of benzene rings is 2. The molecule has 2 N–H and O–H groups in total. The van der Waals surface area contributed by atoms with Gasteiger partial charge in [0.05, 0.1) is 6.61 Å². The van der Waals surface area contributed by atoms with Crippen molar-refractivity contribution in [1.82, 2.24) is 0 Å². The van der Waals surface area contributed by atoms with E-state index in [1.807, 2.05) is 30.3 Å². The van der Waals surface area contributed by atoms with Gasteiger partial charge in [0.1, 0.15) is 6.61 Å². The molecule has 0 bridgehead atoms. The molecule has 19 heavy (non-hydrogen) atoms. The van der Waals surface area contributed by atoms with Crippen LogP contribution >= 0.6 is 0 Å². The molecule has 2 rings (SSSR count). The number of aromatic hydroxyl groups is 1. The molecule has 3 heteroatoms. The van der Waals surface area contributed by atoms with Crippen molar-refractivity contribution in [3.05, 3.63) is 65.7 Å². The Morgan fingerprint density at radius 2 is 1.84 bits per heavy atom. The number of aliphatic hydroxyl groups is 1. The molecule has 0 saturated carbocycles. The zero-order chi connectivity index (χ0) is 13.5. The van der Waals surface area contributed by atoms with E-state index < -0.39 is 0 Å². The summed E-state index contributed by atoms with van der Waals surface area (Å²) in [5, 5.41) is 18.5. The number of hydrogen-bond acceptors (Lipinski definition) is 3. The Kier molecular flexibility index (Phi) is 4.59. The number of phenols is 1. The minimum Gasteiger partial charge on any atom is -0.504 e. The first-order valence-corrected chi connectivity index (χ1v) is 6.07. The van der Waals surface area contributed by atoms with Crippen molar-refractivity contribution >= 4 is 6.08 Å². The van der Waals surface area contributed by atoms with E-state index in [4.69, 9.17) is 9.84 Å². The van der Waals surface area contributed by atoms with Crippen molar-refractivity contribution in [2.24, 2.45) is 0 Å². The van der Waals surface area contributed by atoms with Gasteiger partial charge < -0.3 is 14.9 Å². The molecule has 98 valence electrons. The summed E-state index contributed by atoms with van der Waals surface area (Å²) in [6.07, 6.45) is 3.40. The fraction of sp³-hybridized carbons (Fsp3) is 0.125. The van der Waals surface area contributed by atoms with E-state index in [2.05, 4.69) is 0 Å². The van der Waals surface area contributed by atoms with Crippen molar-refractivity contribution < 1.29 is 14.9 Å². The van der Waals surface area contributed by atoms with Crippen molar-refractivity contribution in [2.45, 2.75) is 6.61 Å². The van der Waals surface area contributed by atoms with Crippen LogP contribution in [0.3, 0.4) is 0 Å². The fourth-order valence-corrected chi connectivity index (χ4v) is 1.67. The fourth-order valence-electron chi connectivity index (χ4n) is 1.67. The van der Waals surface area contributed by atoms with Crippen molar-refractivity contribution in [2.75, 3.05) is 6.61 Å². The van der Waals surface area contributed by atoms with E-state index in [0.29, 0.717) is 12.4 Å². The van der Waals surface area contributed by atoms with Crippen LogP contribution in [0.1, 0.15) is 11.1 Å². The maximum Gasteiger partial charge on any atom is 0.162 e. The number of ether oxygens (including phenoxy) is 1. The highest BCUT2D eigenvalue weighted by Gasteiger charge is 2.03. The second-order valence-corrected chi connectivity index (χ2v) is 4.09. The first kappa shape index (κ1) is 13.2. The van der Waals surface area contributed by atoms with Crippen LogP contribution in [0.15, 0.2) is 54.6 Å². The Morgan fingerprint density at radius 1 is 1.05 bits per heavy atom. The summed E-state index contributed by atoms with van der Waals surface area (Å²) in [7, 11) is 0. The topological polar surface area (TPSA) is 49.7 Å². The summed E-state index contributed by atoms with van der Waals surface area (Å²) in [5.74, 6) is 0.543. The third-order valence-electron chi connectivity index (χ3n) is 2.64. The second kappa shape index (κ2) is 6.61. The highest BCUT2D eigenvalue weighted by atomic mass is 16.5. The molecular weight excluding hydrogens is 240 g/mol. The maximum absolute atomic E-state index is 9.74. The largest absolute Gasteiger partial charge is 0.504 e. The van der Waals surface area contributed by atoms with Crippen LogP contribution in [0.4, 0.5) is 0 Å². The summed E-state index contributed by atoms with van der Waals surface area (Å²) in [6, 6.07) is 14.8. The van der Waals surface area contributed by atoms with Crippen molar-refractivity contribution in [3.63, 3.8) is 0 Å². The predicted molar refractivity (Wildman–Crippen MR) is 75.0 cm³/mol. The zero-order valence-corrected chi connectivity index (χ0v) is 10.5. The van der Waals surface area contributed by atoms with Crippen LogP contribution in [0, 0.1) is 0 Å². The van der Waals surface area contributed by atoms with Crippen LogP contribution < -0.4 is 4.74 Å². The average Bonchev–Trinajstić information content (AvgIpc) is 2.46.